The van der Waals surface area contributed by atoms with Crippen molar-refractivity contribution in [3.05, 3.63) is 92.9 Å². The Morgan fingerprint density at radius 2 is 1.84 bits per heavy atom. The lowest BCUT2D eigenvalue weighted by molar-refractivity contribution is 0.441. The van der Waals surface area contributed by atoms with E-state index in [-0.39, 0.29) is 17.0 Å². The number of aromatic nitrogens is 3. The van der Waals surface area contributed by atoms with E-state index in [1.165, 1.54) is 0 Å². The van der Waals surface area contributed by atoms with Gasteiger partial charge < -0.3 is 9.51 Å². The Morgan fingerprint density at radius 3 is 2.65 bits per heavy atom. The molecule has 7 heteroatoms. The van der Waals surface area contributed by atoms with Crippen molar-refractivity contribution in [2.45, 2.75) is 0 Å². The molecule has 0 atom stereocenters. The zero-order valence-corrected chi connectivity index (χ0v) is 17.6. The summed E-state index contributed by atoms with van der Waals surface area (Å²) in [6.45, 7) is 0. The van der Waals surface area contributed by atoms with Crippen LogP contribution in [-0.2, 0) is 0 Å². The minimum Gasteiger partial charge on any atom is -0.355 e. The fraction of sp³-hybridized carbons (Fsp3) is 0. The number of nitrogens with one attached hydrogen (secondary N) is 1. The number of hydrogen-bond acceptors (Lipinski definition) is 5. The maximum absolute atomic E-state index is 12.5. The SMILES string of the molecule is N#C/C(=C/c1ccc2noc(-c3ccccc3)c2c1)c1nc2ccc(Br)cc2c(=O)[nH]1. The molecule has 0 fully saturated rings. The maximum Gasteiger partial charge on any atom is 0.259 e. The van der Waals surface area contributed by atoms with Crippen LogP contribution in [0.1, 0.15) is 11.4 Å². The van der Waals surface area contributed by atoms with Gasteiger partial charge in [0.05, 0.1) is 21.9 Å². The minimum atomic E-state index is -0.302. The van der Waals surface area contributed by atoms with Gasteiger partial charge in [-0.25, -0.2) is 4.98 Å². The highest BCUT2D eigenvalue weighted by Gasteiger charge is 2.12. The van der Waals surface area contributed by atoms with Gasteiger partial charge in [-0.1, -0.05) is 57.5 Å². The second-order valence-electron chi connectivity index (χ2n) is 6.90. The van der Waals surface area contributed by atoms with E-state index in [0.29, 0.717) is 16.7 Å². The Bertz CT molecular complexity index is 1580. The molecule has 2 heterocycles. The molecule has 0 radical (unpaired) electrons. The molecule has 0 saturated heterocycles. The normalized spacial score (nSPS) is 11.7. The monoisotopic (exact) mass is 468 g/mol. The topological polar surface area (TPSA) is 95.6 Å². The summed E-state index contributed by atoms with van der Waals surface area (Å²) in [5.41, 5.74) is 2.87. The largest absolute Gasteiger partial charge is 0.355 e. The standard InChI is InChI=1S/C24H13BrN4O2/c25-17-7-9-20-19(12-17)24(30)28-23(27-20)16(13-26)10-14-6-8-21-18(11-14)22(31-29-21)15-4-2-1-3-5-15/h1-12H,(H,27,28,30)/b16-10-. The fourth-order valence-corrected chi connectivity index (χ4v) is 3.77. The number of fused-ring (bicyclic) bond motifs is 2. The van der Waals surface area contributed by atoms with Crippen molar-refractivity contribution < 1.29 is 4.52 Å². The summed E-state index contributed by atoms with van der Waals surface area (Å²) in [5.74, 6) is 0.878. The number of H-pyrrole nitrogens is 1. The molecule has 0 unspecified atom stereocenters. The third kappa shape index (κ3) is 3.54. The molecular formula is C24H13BrN4O2. The number of nitriles is 1. The molecule has 148 valence electrons. The summed E-state index contributed by atoms with van der Waals surface area (Å²) in [6, 6.07) is 22.7. The van der Waals surface area contributed by atoms with Gasteiger partial charge in [0.1, 0.15) is 11.6 Å². The molecule has 6 nitrogen and oxygen atoms in total. The predicted molar refractivity (Wildman–Crippen MR) is 123 cm³/mol. The lowest BCUT2D eigenvalue weighted by Crippen LogP contribution is -2.11. The van der Waals surface area contributed by atoms with Gasteiger partial charge >= 0.3 is 0 Å². The molecule has 0 aliphatic rings. The second-order valence-corrected chi connectivity index (χ2v) is 7.82. The van der Waals surface area contributed by atoms with Gasteiger partial charge in [-0.3, -0.25) is 4.79 Å². The zero-order chi connectivity index (χ0) is 21.4. The number of rotatable bonds is 3. The van der Waals surface area contributed by atoms with E-state index in [4.69, 9.17) is 4.52 Å². The van der Waals surface area contributed by atoms with Crippen LogP contribution in [0.3, 0.4) is 0 Å². The summed E-state index contributed by atoms with van der Waals surface area (Å²) in [4.78, 5) is 19.7. The summed E-state index contributed by atoms with van der Waals surface area (Å²) in [7, 11) is 0. The van der Waals surface area contributed by atoms with E-state index in [0.717, 1.165) is 26.5 Å². The Morgan fingerprint density at radius 1 is 1.03 bits per heavy atom. The van der Waals surface area contributed by atoms with Crippen molar-refractivity contribution in [3.8, 4) is 17.4 Å². The number of benzene rings is 3. The average Bonchev–Trinajstić information content (AvgIpc) is 3.21. The third-order valence-electron chi connectivity index (χ3n) is 4.89. The van der Waals surface area contributed by atoms with Gasteiger partial charge in [-0.15, -0.1) is 0 Å². The summed E-state index contributed by atoms with van der Waals surface area (Å²) in [6.07, 6.45) is 1.68. The van der Waals surface area contributed by atoms with Crippen molar-refractivity contribution in [2.24, 2.45) is 0 Å². The number of allylic oxidation sites excluding steroid dienone is 1. The highest BCUT2D eigenvalue weighted by atomic mass is 79.9. The Balaban J connectivity index is 1.62. The van der Waals surface area contributed by atoms with Gasteiger partial charge in [0.2, 0.25) is 0 Å². The lowest BCUT2D eigenvalue weighted by atomic mass is 10.0. The molecule has 0 aliphatic carbocycles. The van der Waals surface area contributed by atoms with Gasteiger partial charge in [0.15, 0.2) is 11.6 Å². The molecule has 0 spiro atoms. The van der Waals surface area contributed by atoms with Crippen molar-refractivity contribution in [2.75, 3.05) is 0 Å². The Kier molecular flexibility index (Phi) is 4.69. The second kappa shape index (κ2) is 7.67. The zero-order valence-electron chi connectivity index (χ0n) is 16.0. The van der Waals surface area contributed by atoms with Crippen LogP contribution in [0.2, 0.25) is 0 Å². The molecule has 1 N–H and O–H groups in total. The van der Waals surface area contributed by atoms with Crippen LogP contribution in [0.15, 0.2) is 80.5 Å². The van der Waals surface area contributed by atoms with Crippen LogP contribution in [0, 0.1) is 11.3 Å². The van der Waals surface area contributed by atoms with Crippen LogP contribution >= 0.6 is 15.9 Å². The molecule has 31 heavy (non-hydrogen) atoms. The summed E-state index contributed by atoms with van der Waals surface area (Å²) >= 11 is 3.35. The van der Waals surface area contributed by atoms with Crippen molar-refractivity contribution in [3.63, 3.8) is 0 Å². The van der Waals surface area contributed by atoms with Crippen LogP contribution < -0.4 is 5.56 Å². The van der Waals surface area contributed by atoms with Gasteiger partial charge in [-0.2, -0.15) is 5.26 Å². The van der Waals surface area contributed by atoms with E-state index in [1.807, 2.05) is 48.5 Å². The first-order chi connectivity index (χ1) is 15.1. The predicted octanol–water partition coefficient (Wildman–Crippen LogP) is 5.56. The van der Waals surface area contributed by atoms with E-state index in [1.54, 1.807) is 24.3 Å². The molecule has 0 aliphatic heterocycles. The van der Waals surface area contributed by atoms with Crippen molar-refractivity contribution in [1.29, 1.82) is 5.26 Å². The maximum atomic E-state index is 12.5. The van der Waals surface area contributed by atoms with Crippen LogP contribution in [0.5, 0.6) is 0 Å². The fourth-order valence-electron chi connectivity index (χ4n) is 3.41. The van der Waals surface area contributed by atoms with Crippen LogP contribution in [0.25, 0.3) is 44.8 Å². The number of nitrogens with zero attached hydrogens (tertiary/aromatic N) is 3. The van der Waals surface area contributed by atoms with Crippen molar-refractivity contribution >= 4 is 49.4 Å². The van der Waals surface area contributed by atoms with E-state index < -0.39 is 0 Å². The summed E-state index contributed by atoms with van der Waals surface area (Å²) < 4.78 is 6.33. The molecule has 5 aromatic rings. The van der Waals surface area contributed by atoms with Gasteiger partial charge in [-0.05, 0) is 42.0 Å². The first-order valence-corrected chi connectivity index (χ1v) is 10.2. The molecule has 3 aromatic carbocycles. The first kappa shape index (κ1) is 19.0. The molecular weight excluding hydrogens is 456 g/mol. The van der Waals surface area contributed by atoms with Gasteiger partial charge in [0, 0.05) is 10.0 Å². The van der Waals surface area contributed by atoms with Gasteiger partial charge in [0.25, 0.3) is 5.56 Å². The third-order valence-corrected chi connectivity index (χ3v) is 5.38. The smallest absolute Gasteiger partial charge is 0.259 e. The number of aromatic amines is 1. The van der Waals surface area contributed by atoms with Crippen LogP contribution in [-0.4, -0.2) is 15.1 Å². The lowest BCUT2D eigenvalue weighted by Gasteiger charge is -2.03. The van der Waals surface area contributed by atoms with E-state index in [2.05, 4.69) is 37.1 Å². The molecule has 0 bridgehead atoms. The summed E-state index contributed by atoms with van der Waals surface area (Å²) in [5, 5.41) is 15.1. The molecule has 0 saturated carbocycles. The molecule has 0 amide bonds. The molecule has 2 aromatic heterocycles. The average molecular weight is 469 g/mol. The minimum absolute atomic E-state index is 0.219. The van der Waals surface area contributed by atoms with E-state index >= 15 is 0 Å². The van der Waals surface area contributed by atoms with Crippen LogP contribution in [0.4, 0.5) is 0 Å². The first-order valence-electron chi connectivity index (χ1n) is 9.39. The van der Waals surface area contributed by atoms with Crippen molar-refractivity contribution in [1.82, 2.24) is 15.1 Å². The highest BCUT2D eigenvalue weighted by Crippen LogP contribution is 2.30. The Hall–Kier alpha value is -4.02. The highest BCUT2D eigenvalue weighted by molar-refractivity contribution is 9.10. The quantitative estimate of drug-likeness (QED) is 0.349. The number of halogens is 1. The molecule has 5 rings (SSSR count). The Labute approximate surface area is 184 Å². The van der Waals surface area contributed by atoms with E-state index in [9.17, 15) is 10.1 Å². The number of hydrogen-bond donors (Lipinski definition) is 1.